The molecular formula is C55H38N8. The molecule has 0 radical (unpaired) electrons. The predicted octanol–water partition coefficient (Wildman–Crippen LogP) is 13.7. The summed E-state index contributed by atoms with van der Waals surface area (Å²) in [7, 11) is 0. The van der Waals surface area contributed by atoms with Crippen LogP contribution in [0.3, 0.4) is 0 Å². The standard InChI is InChI=1S/C55H38N8/c1-7-21-39(22-8-1)53-58-54(40-23-9-2-10-24-40)60-55(59-53)41-37-48(61(42-25-11-3-12-26-42)43-27-13-4-14-28-43)52(63-46-33-19-35-56-50(46)51-47(63)34-20-36-57-51)49(38-41)62(44-29-15-5-16-30-44)45-31-17-6-18-32-45/h1-38H. The molecule has 298 valence electrons. The van der Waals surface area contributed by atoms with Gasteiger partial charge in [0, 0.05) is 51.8 Å². The third-order valence-corrected chi connectivity index (χ3v) is 11.1. The molecule has 7 aromatic carbocycles. The van der Waals surface area contributed by atoms with Crippen LogP contribution in [-0.4, -0.2) is 29.5 Å². The Kier molecular flexibility index (Phi) is 9.68. The van der Waals surface area contributed by atoms with Crippen molar-refractivity contribution in [2.45, 2.75) is 0 Å². The highest BCUT2D eigenvalue weighted by Gasteiger charge is 2.29. The molecule has 0 aliphatic rings. The van der Waals surface area contributed by atoms with Crippen molar-refractivity contribution in [2.24, 2.45) is 0 Å². The molecule has 0 spiro atoms. The summed E-state index contributed by atoms with van der Waals surface area (Å²) in [6.45, 7) is 0. The smallest absolute Gasteiger partial charge is 0.164 e. The van der Waals surface area contributed by atoms with Crippen LogP contribution in [0.2, 0.25) is 0 Å². The number of benzene rings is 7. The highest BCUT2D eigenvalue weighted by Crippen LogP contribution is 2.50. The van der Waals surface area contributed by atoms with Gasteiger partial charge in [-0.05, 0) is 84.9 Å². The molecule has 8 heteroatoms. The van der Waals surface area contributed by atoms with Crippen LogP contribution < -0.4 is 9.80 Å². The Hall–Kier alpha value is -8.75. The molecule has 63 heavy (non-hydrogen) atoms. The lowest BCUT2D eigenvalue weighted by molar-refractivity contribution is 1.07. The van der Waals surface area contributed by atoms with Gasteiger partial charge in [-0.1, -0.05) is 133 Å². The molecule has 0 N–H and O–H groups in total. The molecule has 0 aliphatic heterocycles. The first-order valence-corrected chi connectivity index (χ1v) is 20.8. The quantitative estimate of drug-likeness (QED) is 0.136. The highest BCUT2D eigenvalue weighted by molar-refractivity contribution is 6.07. The fourth-order valence-corrected chi connectivity index (χ4v) is 8.29. The van der Waals surface area contributed by atoms with Crippen LogP contribution in [0.15, 0.2) is 231 Å². The minimum absolute atomic E-state index is 0.532. The molecule has 0 amide bonds. The maximum absolute atomic E-state index is 5.30. The van der Waals surface area contributed by atoms with Crippen molar-refractivity contribution in [3.63, 3.8) is 0 Å². The number of nitrogens with zero attached hydrogens (tertiary/aromatic N) is 8. The van der Waals surface area contributed by atoms with E-state index in [-0.39, 0.29) is 0 Å². The number of anilines is 6. The molecule has 11 rings (SSSR count). The van der Waals surface area contributed by atoms with Crippen LogP contribution >= 0.6 is 0 Å². The molecule has 0 saturated heterocycles. The van der Waals surface area contributed by atoms with Crippen molar-refractivity contribution in [3.05, 3.63) is 231 Å². The van der Waals surface area contributed by atoms with Crippen molar-refractivity contribution in [1.82, 2.24) is 29.5 Å². The van der Waals surface area contributed by atoms with E-state index in [2.05, 4.69) is 136 Å². The Morgan fingerprint density at radius 2 is 0.635 bits per heavy atom. The second-order valence-corrected chi connectivity index (χ2v) is 15.0. The summed E-state index contributed by atoms with van der Waals surface area (Å²) in [4.78, 5) is 30.2. The van der Waals surface area contributed by atoms with E-state index in [0.717, 1.165) is 78.6 Å². The average Bonchev–Trinajstić information content (AvgIpc) is 3.70. The zero-order valence-electron chi connectivity index (χ0n) is 34.0. The number of pyridine rings is 2. The van der Waals surface area contributed by atoms with Crippen LogP contribution in [0.4, 0.5) is 34.1 Å². The maximum Gasteiger partial charge on any atom is 0.164 e. The monoisotopic (exact) mass is 810 g/mol. The second-order valence-electron chi connectivity index (χ2n) is 15.0. The lowest BCUT2D eigenvalue weighted by Gasteiger charge is -2.34. The number of para-hydroxylation sites is 4. The van der Waals surface area contributed by atoms with Crippen molar-refractivity contribution in [1.29, 1.82) is 0 Å². The highest BCUT2D eigenvalue weighted by atomic mass is 15.2. The van der Waals surface area contributed by atoms with E-state index < -0.39 is 0 Å². The summed E-state index contributed by atoms with van der Waals surface area (Å²) in [5, 5.41) is 0. The Bertz CT molecular complexity index is 3030. The lowest BCUT2D eigenvalue weighted by atomic mass is 10.0. The van der Waals surface area contributed by atoms with Crippen LogP contribution in [0, 0.1) is 0 Å². The second kappa shape index (κ2) is 16.4. The molecule has 4 aromatic heterocycles. The van der Waals surface area contributed by atoms with Crippen molar-refractivity contribution in [2.75, 3.05) is 9.80 Å². The van der Waals surface area contributed by atoms with Crippen LogP contribution in [0.5, 0.6) is 0 Å². The number of rotatable bonds is 10. The molecule has 0 aliphatic carbocycles. The van der Waals surface area contributed by atoms with Crippen LogP contribution in [0.1, 0.15) is 0 Å². The Morgan fingerprint density at radius 1 is 0.317 bits per heavy atom. The number of hydrogen-bond donors (Lipinski definition) is 0. The first kappa shape index (κ1) is 37.3. The van der Waals surface area contributed by atoms with Gasteiger partial charge in [-0.15, -0.1) is 0 Å². The van der Waals surface area contributed by atoms with E-state index in [1.54, 1.807) is 0 Å². The SMILES string of the molecule is c1ccc(-c2nc(-c3ccccc3)nc(-c3cc(N(c4ccccc4)c4ccccc4)c(-n4c5cccnc5c5ncccc54)c(N(c4ccccc4)c4ccccc4)c3)n2)cc1. The zero-order chi connectivity index (χ0) is 42.0. The van der Waals surface area contributed by atoms with E-state index >= 15 is 0 Å². The van der Waals surface area contributed by atoms with Gasteiger partial charge in [0.1, 0.15) is 11.0 Å². The van der Waals surface area contributed by atoms with Crippen molar-refractivity contribution >= 4 is 56.2 Å². The first-order chi connectivity index (χ1) is 31.3. The van der Waals surface area contributed by atoms with Gasteiger partial charge in [0.25, 0.3) is 0 Å². The minimum atomic E-state index is 0.532. The van der Waals surface area contributed by atoms with Gasteiger partial charge in [-0.2, -0.15) is 0 Å². The minimum Gasteiger partial charge on any atom is -0.308 e. The summed E-state index contributed by atoms with van der Waals surface area (Å²) in [6.07, 6.45) is 3.67. The number of hydrogen-bond acceptors (Lipinski definition) is 7. The third-order valence-electron chi connectivity index (χ3n) is 11.1. The Labute approximate surface area is 364 Å². The van der Waals surface area contributed by atoms with Crippen LogP contribution in [0.25, 0.3) is 61.9 Å². The van der Waals surface area contributed by atoms with Gasteiger partial charge < -0.3 is 14.4 Å². The van der Waals surface area contributed by atoms with Gasteiger partial charge in [0.05, 0.1) is 28.1 Å². The number of aromatic nitrogens is 6. The van der Waals surface area contributed by atoms with E-state index in [0.29, 0.717) is 17.5 Å². The summed E-state index contributed by atoms with van der Waals surface area (Å²) >= 11 is 0. The van der Waals surface area contributed by atoms with Gasteiger partial charge in [-0.25, -0.2) is 15.0 Å². The first-order valence-electron chi connectivity index (χ1n) is 20.8. The summed E-state index contributed by atoms with van der Waals surface area (Å²) in [5.41, 5.74) is 12.6. The van der Waals surface area contributed by atoms with Crippen molar-refractivity contribution < 1.29 is 0 Å². The Morgan fingerprint density at radius 3 is 0.984 bits per heavy atom. The predicted molar refractivity (Wildman–Crippen MR) is 255 cm³/mol. The average molecular weight is 811 g/mol. The van der Waals surface area contributed by atoms with E-state index in [1.807, 2.05) is 109 Å². The van der Waals surface area contributed by atoms with Crippen LogP contribution in [-0.2, 0) is 0 Å². The lowest BCUT2D eigenvalue weighted by Crippen LogP contribution is -2.18. The molecular weight excluding hydrogens is 773 g/mol. The van der Waals surface area contributed by atoms with E-state index in [1.165, 1.54) is 0 Å². The van der Waals surface area contributed by atoms with Crippen molar-refractivity contribution in [3.8, 4) is 39.9 Å². The molecule has 0 atom stereocenters. The molecule has 0 fully saturated rings. The topological polar surface area (TPSA) is 75.9 Å². The molecule has 0 unspecified atom stereocenters. The zero-order valence-corrected chi connectivity index (χ0v) is 34.0. The summed E-state index contributed by atoms with van der Waals surface area (Å²) in [6, 6.07) is 74.9. The molecule has 4 heterocycles. The maximum atomic E-state index is 5.30. The van der Waals surface area contributed by atoms with Gasteiger partial charge in [0.2, 0.25) is 0 Å². The van der Waals surface area contributed by atoms with Gasteiger partial charge in [0.15, 0.2) is 17.5 Å². The van der Waals surface area contributed by atoms with E-state index in [9.17, 15) is 0 Å². The molecule has 8 nitrogen and oxygen atoms in total. The molecule has 0 saturated carbocycles. The fourth-order valence-electron chi connectivity index (χ4n) is 8.29. The number of fused-ring (bicyclic) bond motifs is 3. The summed E-state index contributed by atoms with van der Waals surface area (Å²) < 4.78 is 2.31. The van der Waals surface area contributed by atoms with Gasteiger partial charge in [-0.3, -0.25) is 9.97 Å². The van der Waals surface area contributed by atoms with Gasteiger partial charge >= 0.3 is 0 Å². The molecule has 0 bridgehead atoms. The fraction of sp³-hybridized carbons (Fsp3) is 0. The summed E-state index contributed by atoms with van der Waals surface area (Å²) in [5.74, 6) is 1.69. The largest absolute Gasteiger partial charge is 0.308 e. The van der Waals surface area contributed by atoms with E-state index in [4.69, 9.17) is 24.9 Å². The Balaban J connectivity index is 1.33. The third kappa shape index (κ3) is 7.01. The normalized spacial score (nSPS) is 11.2. The molecule has 11 aromatic rings.